The molecule has 1 fully saturated rings. The van der Waals surface area contributed by atoms with Crippen LogP contribution >= 0.6 is 0 Å². The highest BCUT2D eigenvalue weighted by atomic mass is 32.2. The predicted octanol–water partition coefficient (Wildman–Crippen LogP) is 1.64. The van der Waals surface area contributed by atoms with Gasteiger partial charge in [0.1, 0.15) is 0 Å². The van der Waals surface area contributed by atoms with E-state index in [0.29, 0.717) is 5.56 Å². The number of hydrogen-bond donors (Lipinski definition) is 2. The number of carbonyl (C=O) groups is 1. The third-order valence-electron chi connectivity index (χ3n) is 4.47. The molecule has 0 bridgehead atoms. The molecule has 1 aromatic rings. The number of aliphatic imine (C=N–C) groups is 1. The van der Waals surface area contributed by atoms with Gasteiger partial charge in [0.15, 0.2) is 15.8 Å². The number of hydrogen-bond acceptors (Lipinski definition) is 4. The van der Waals surface area contributed by atoms with Gasteiger partial charge in [-0.15, -0.1) is 0 Å². The zero-order chi connectivity index (χ0) is 19.5. The summed E-state index contributed by atoms with van der Waals surface area (Å²) in [5.74, 6) is -1.12. The molecule has 2 rings (SSSR count). The molecule has 1 unspecified atom stereocenters. The molecule has 0 aromatic heterocycles. The molecule has 0 aliphatic heterocycles. The summed E-state index contributed by atoms with van der Waals surface area (Å²) in [4.78, 5) is 15.8. The third kappa shape index (κ3) is 4.91. The van der Waals surface area contributed by atoms with Crippen LogP contribution in [0, 0.1) is 6.92 Å². The van der Waals surface area contributed by atoms with E-state index in [1.807, 2.05) is 0 Å². The Hall–Kier alpha value is -1.74. The molecule has 1 aliphatic rings. The zero-order valence-electron chi connectivity index (χ0n) is 15.0. The summed E-state index contributed by atoms with van der Waals surface area (Å²) in [5.41, 5.74) is 11.0. The number of aryl methyl sites for hydroxylation is 1. The number of amides is 1. The molecule has 1 aromatic carbocycles. The Labute approximate surface area is 156 Å². The van der Waals surface area contributed by atoms with E-state index in [9.17, 15) is 17.4 Å². The van der Waals surface area contributed by atoms with Gasteiger partial charge in [-0.05, 0) is 37.5 Å². The van der Waals surface area contributed by atoms with Crippen molar-refractivity contribution >= 4 is 32.5 Å². The first-order valence-electron chi connectivity index (χ1n) is 8.50. The smallest absolute Gasteiger partial charge is 0.280 e. The van der Waals surface area contributed by atoms with Crippen molar-refractivity contribution in [2.75, 3.05) is 6.26 Å². The topological polar surface area (TPSA) is 133 Å². The summed E-state index contributed by atoms with van der Waals surface area (Å²) in [6, 6.07) is 2.76. The van der Waals surface area contributed by atoms with E-state index in [4.69, 9.17) is 11.5 Å². The standard InChI is InChI=1S/C17H25N3O4S2/c1-11-9-14(25(22)12-7-5-3-4-6-8-12)15(26(2,23)24)10-13(11)16(21)20-17(18)19/h9-10,12H,3-8H2,1-2H3,(H4,18,19,20,21). The van der Waals surface area contributed by atoms with Gasteiger partial charge < -0.3 is 11.5 Å². The molecule has 9 heteroatoms. The predicted molar refractivity (Wildman–Crippen MR) is 102 cm³/mol. The Bertz CT molecular complexity index is 851. The van der Waals surface area contributed by atoms with E-state index in [0.717, 1.165) is 44.8 Å². The van der Waals surface area contributed by atoms with Crippen molar-refractivity contribution in [1.82, 2.24) is 0 Å². The molecular weight excluding hydrogens is 374 g/mol. The van der Waals surface area contributed by atoms with Crippen LogP contribution in [0.5, 0.6) is 0 Å². The number of sulfone groups is 1. The Kier molecular flexibility index (Phi) is 6.57. The van der Waals surface area contributed by atoms with Crippen molar-refractivity contribution in [1.29, 1.82) is 0 Å². The van der Waals surface area contributed by atoms with Crippen molar-refractivity contribution in [3.63, 3.8) is 0 Å². The first kappa shape index (κ1) is 20.6. The molecule has 1 aliphatic carbocycles. The lowest BCUT2D eigenvalue weighted by Crippen LogP contribution is -2.24. The maximum atomic E-state index is 13.1. The third-order valence-corrected chi connectivity index (χ3v) is 7.59. The highest BCUT2D eigenvalue weighted by Gasteiger charge is 2.27. The van der Waals surface area contributed by atoms with E-state index in [1.54, 1.807) is 6.92 Å². The fourth-order valence-corrected chi connectivity index (χ4v) is 6.28. The van der Waals surface area contributed by atoms with Crippen molar-refractivity contribution in [2.45, 2.75) is 60.5 Å². The van der Waals surface area contributed by atoms with Gasteiger partial charge in [0, 0.05) is 17.1 Å². The van der Waals surface area contributed by atoms with E-state index < -0.39 is 32.5 Å². The van der Waals surface area contributed by atoms with Crippen LogP contribution in [0.15, 0.2) is 26.9 Å². The molecule has 4 N–H and O–H groups in total. The SMILES string of the molecule is Cc1cc(S(=O)C2CCCCCC2)c(S(C)(=O)=O)cc1C(=O)N=C(N)N. The Morgan fingerprint density at radius 3 is 2.23 bits per heavy atom. The number of nitrogens with two attached hydrogens (primary N) is 2. The monoisotopic (exact) mass is 399 g/mol. The summed E-state index contributed by atoms with van der Waals surface area (Å²) < 4.78 is 37.7. The Morgan fingerprint density at radius 1 is 1.15 bits per heavy atom. The van der Waals surface area contributed by atoms with Crippen molar-refractivity contribution in [3.05, 3.63) is 23.3 Å². The molecular formula is C17H25N3O4S2. The lowest BCUT2D eigenvalue weighted by atomic mass is 10.1. The van der Waals surface area contributed by atoms with E-state index in [1.165, 1.54) is 12.1 Å². The largest absolute Gasteiger partial charge is 0.370 e. The first-order chi connectivity index (χ1) is 12.1. The van der Waals surface area contributed by atoms with Crippen LogP contribution in [-0.2, 0) is 20.6 Å². The van der Waals surface area contributed by atoms with Gasteiger partial charge in [0.05, 0.1) is 20.6 Å². The normalized spacial score (nSPS) is 17.3. The van der Waals surface area contributed by atoms with Gasteiger partial charge in [0.25, 0.3) is 5.91 Å². The molecule has 144 valence electrons. The fourth-order valence-electron chi connectivity index (χ4n) is 3.15. The molecule has 26 heavy (non-hydrogen) atoms. The highest BCUT2D eigenvalue weighted by molar-refractivity contribution is 7.92. The van der Waals surface area contributed by atoms with E-state index in [-0.39, 0.29) is 20.6 Å². The molecule has 7 nitrogen and oxygen atoms in total. The van der Waals surface area contributed by atoms with Gasteiger partial charge in [-0.1, -0.05) is 25.7 Å². The summed E-state index contributed by atoms with van der Waals surface area (Å²) in [6.45, 7) is 1.65. The lowest BCUT2D eigenvalue weighted by Gasteiger charge is -2.17. The lowest BCUT2D eigenvalue weighted by molar-refractivity contribution is 0.100. The van der Waals surface area contributed by atoms with E-state index >= 15 is 0 Å². The number of carbonyl (C=O) groups excluding carboxylic acids is 1. The van der Waals surface area contributed by atoms with E-state index in [2.05, 4.69) is 4.99 Å². The molecule has 1 amide bonds. The second-order valence-electron chi connectivity index (χ2n) is 6.64. The summed E-state index contributed by atoms with van der Waals surface area (Å²) in [6.07, 6.45) is 6.86. The van der Waals surface area contributed by atoms with Crippen LogP contribution in [0.1, 0.15) is 54.4 Å². The maximum Gasteiger partial charge on any atom is 0.280 e. The van der Waals surface area contributed by atoms with Gasteiger partial charge in [-0.3, -0.25) is 9.00 Å². The minimum atomic E-state index is -3.68. The minimum Gasteiger partial charge on any atom is -0.370 e. The van der Waals surface area contributed by atoms with Gasteiger partial charge >= 0.3 is 0 Å². The van der Waals surface area contributed by atoms with Gasteiger partial charge in [-0.2, -0.15) is 4.99 Å². The van der Waals surface area contributed by atoms with Crippen molar-refractivity contribution in [2.24, 2.45) is 16.5 Å². The Morgan fingerprint density at radius 2 is 1.73 bits per heavy atom. The Balaban J connectivity index is 2.55. The maximum absolute atomic E-state index is 13.1. The average Bonchev–Trinajstić information content (AvgIpc) is 2.81. The quantitative estimate of drug-likeness (QED) is 0.449. The second-order valence-corrected chi connectivity index (χ2v) is 10.3. The van der Waals surface area contributed by atoms with Crippen LogP contribution in [0.3, 0.4) is 0 Å². The molecule has 1 saturated carbocycles. The first-order valence-corrected chi connectivity index (χ1v) is 11.6. The van der Waals surface area contributed by atoms with Gasteiger partial charge in [0.2, 0.25) is 0 Å². The van der Waals surface area contributed by atoms with Crippen LogP contribution in [0.2, 0.25) is 0 Å². The number of rotatable bonds is 4. The van der Waals surface area contributed by atoms with Crippen molar-refractivity contribution in [3.8, 4) is 0 Å². The molecule has 0 heterocycles. The van der Waals surface area contributed by atoms with Crippen LogP contribution in [-0.4, -0.2) is 36.0 Å². The minimum absolute atomic E-state index is 0.0725. The van der Waals surface area contributed by atoms with Crippen LogP contribution < -0.4 is 11.5 Å². The molecule has 0 saturated heterocycles. The highest BCUT2D eigenvalue weighted by Crippen LogP contribution is 2.30. The van der Waals surface area contributed by atoms with Gasteiger partial charge in [-0.25, -0.2) is 8.42 Å². The zero-order valence-corrected chi connectivity index (χ0v) is 16.7. The number of benzene rings is 1. The van der Waals surface area contributed by atoms with Crippen LogP contribution in [0.4, 0.5) is 0 Å². The summed E-state index contributed by atoms with van der Waals surface area (Å²) in [5, 5.41) is -0.0725. The fraction of sp³-hybridized carbons (Fsp3) is 0.529. The summed E-state index contributed by atoms with van der Waals surface area (Å²) >= 11 is 0. The molecule has 1 atom stereocenters. The number of nitrogens with zero attached hydrogens (tertiary/aromatic N) is 1. The van der Waals surface area contributed by atoms with Crippen molar-refractivity contribution < 1.29 is 17.4 Å². The second kappa shape index (κ2) is 8.30. The molecule has 0 radical (unpaired) electrons. The molecule has 0 spiro atoms. The summed E-state index contributed by atoms with van der Waals surface area (Å²) in [7, 11) is -5.14. The van der Waals surface area contributed by atoms with Crippen LogP contribution in [0.25, 0.3) is 0 Å². The number of guanidine groups is 1. The average molecular weight is 400 g/mol.